The molecular formula is C19H21N5OS. The van der Waals surface area contributed by atoms with Gasteiger partial charge >= 0.3 is 0 Å². The molecule has 0 aliphatic heterocycles. The first-order valence-corrected chi connectivity index (χ1v) is 9.60. The molecule has 3 heterocycles. The van der Waals surface area contributed by atoms with Crippen LogP contribution in [-0.4, -0.2) is 24.3 Å². The van der Waals surface area contributed by atoms with Crippen molar-refractivity contribution in [1.29, 1.82) is 0 Å². The lowest BCUT2D eigenvalue weighted by Crippen LogP contribution is -2.08. The van der Waals surface area contributed by atoms with Gasteiger partial charge in [0.1, 0.15) is 17.4 Å². The summed E-state index contributed by atoms with van der Waals surface area (Å²) in [6, 6.07) is 12.1. The molecule has 0 atom stereocenters. The van der Waals surface area contributed by atoms with Gasteiger partial charge in [0, 0.05) is 13.0 Å². The molecule has 0 N–H and O–H groups in total. The molecule has 0 amide bonds. The first-order valence-electron chi connectivity index (χ1n) is 8.62. The molecule has 0 fully saturated rings. The summed E-state index contributed by atoms with van der Waals surface area (Å²) in [4.78, 5) is 4.74. The van der Waals surface area contributed by atoms with E-state index >= 15 is 0 Å². The van der Waals surface area contributed by atoms with Crippen molar-refractivity contribution in [2.24, 2.45) is 7.05 Å². The molecule has 26 heavy (non-hydrogen) atoms. The molecule has 0 saturated heterocycles. The Hall–Kier alpha value is -2.54. The number of aromatic nitrogens is 5. The van der Waals surface area contributed by atoms with Gasteiger partial charge in [0.15, 0.2) is 5.16 Å². The minimum Gasteiger partial charge on any atom is -0.467 e. The van der Waals surface area contributed by atoms with Crippen molar-refractivity contribution in [1.82, 2.24) is 24.3 Å². The van der Waals surface area contributed by atoms with Gasteiger partial charge in [0.2, 0.25) is 0 Å². The average molecular weight is 367 g/mol. The first kappa shape index (κ1) is 16.9. The summed E-state index contributed by atoms with van der Waals surface area (Å²) in [7, 11) is 2.05. The summed E-state index contributed by atoms with van der Waals surface area (Å²) in [5, 5.41) is 9.70. The third kappa shape index (κ3) is 3.14. The van der Waals surface area contributed by atoms with E-state index in [0.29, 0.717) is 12.5 Å². The molecule has 0 spiro atoms. The van der Waals surface area contributed by atoms with Crippen LogP contribution in [0.2, 0.25) is 0 Å². The zero-order valence-electron chi connectivity index (χ0n) is 15.1. The molecule has 134 valence electrons. The predicted molar refractivity (Wildman–Crippen MR) is 102 cm³/mol. The highest BCUT2D eigenvalue weighted by Gasteiger charge is 2.17. The number of nitrogens with zero attached hydrogens (tertiary/aromatic N) is 5. The van der Waals surface area contributed by atoms with E-state index in [1.54, 1.807) is 18.0 Å². The summed E-state index contributed by atoms with van der Waals surface area (Å²) in [6.45, 7) is 4.89. The van der Waals surface area contributed by atoms with E-state index < -0.39 is 0 Å². The SMILES string of the molecule is CC(C)c1nnc(SCc2nc3ccccc3n2C)n1Cc1ccco1. The van der Waals surface area contributed by atoms with Crippen LogP contribution < -0.4 is 0 Å². The van der Waals surface area contributed by atoms with Gasteiger partial charge < -0.3 is 8.98 Å². The number of hydrogen-bond donors (Lipinski definition) is 0. The summed E-state index contributed by atoms with van der Waals surface area (Å²) < 4.78 is 9.79. The number of fused-ring (bicyclic) bond motifs is 1. The molecular weight excluding hydrogens is 346 g/mol. The van der Waals surface area contributed by atoms with E-state index in [0.717, 1.165) is 39.4 Å². The monoisotopic (exact) mass is 367 g/mol. The van der Waals surface area contributed by atoms with E-state index in [4.69, 9.17) is 9.40 Å². The maximum absolute atomic E-state index is 5.52. The fraction of sp³-hybridized carbons (Fsp3) is 0.316. The minimum atomic E-state index is 0.294. The van der Waals surface area contributed by atoms with E-state index in [1.807, 2.05) is 30.3 Å². The number of hydrogen-bond acceptors (Lipinski definition) is 5. The highest BCUT2D eigenvalue weighted by atomic mass is 32.2. The van der Waals surface area contributed by atoms with Crippen molar-refractivity contribution in [3.63, 3.8) is 0 Å². The molecule has 0 radical (unpaired) electrons. The molecule has 0 aliphatic carbocycles. The fourth-order valence-corrected chi connectivity index (χ4v) is 3.92. The van der Waals surface area contributed by atoms with Gasteiger partial charge in [0.05, 0.1) is 29.6 Å². The van der Waals surface area contributed by atoms with Crippen LogP contribution >= 0.6 is 11.8 Å². The lowest BCUT2D eigenvalue weighted by molar-refractivity contribution is 0.475. The van der Waals surface area contributed by atoms with Crippen molar-refractivity contribution in [3.05, 3.63) is 60.1 Å². The average Bonchev–Trinajstić information content (AvgIpc) is 3.34. The lowest BCUT2D eigenvalue weighted by atomic mass is 10.2. The van der Waals surface area contributed by atoms with Crippen LogP contribution in [0.25, 0.3) is 11.0 Å². The largest absolute Gasteiger partial charge is 0.467 e. The lowest BCUT2D eigenvalue weighted by Gasteiger charge is -2.10. The Bertz CT molecular complexity index is 1020. The summed E-state index contributed by atoms with van der Waals surface area (Å²) in [5.74, 6) is 3.92. The number of imidazole rings is 1. The van der Waals surface area contributed by atoms with Crippen molar-refractivity contribution in [3.8, 4) is 0 Å². The third-order valence-electron chi connectivity index (χ3n) is 4.37. The van der Waals surface area contributed by atoms with Crippen LogP contribution in [0, 0.1) is 0 Å². The minimum absolute atomic E-state index is 0.294. The van der Waals surface area contributed by atoms with Crippen LogP contribution in [0.15, 0.2) is 52.2 Å². The van der Waals surface area contributed by atoms with Gasteiger partial charge in [-0.25, -0.2) is 4.98 Å². The second-order valence-corrected chi connectivity index (χ2v) is 7.47. The molecule has 4 aromatic rings. The molecule has 0 unspecified atom stereocenters. The van der Waals surface area contributed by atoms with Crippen LogP contribution in [0.3, 0.4) is 0 Å². The second-order valence-electron chi connectivity index (χ2n) is 6.53. The predicted octanol–water partition coefficient (Wildman–Crippen LogP) is 4.22. The van der Waals surface area contributed by atoms with Crippen molar-refractivity contribution < 1.29 is 4.42 Å². The Balaban J connectivity index is 1.60. The number of benzene rings is 1. The molecule has 1 aromatic carbocycles. The zero-order chi connectivity index (χ0) is 18.1. The second kappa shape index (κ2) is 6.99. The van der Waals surface area contributed by atoms with E-state index in [-0.39, 0.29) is 0 Å². The first-order chi connectivity index (χ1) is 12.6. The topological polar surface area (TPSA) is 61.7 Å². The van der Waals surface area contributed by atoms with Crippen LogP contribution in [0.4, 0.5) is 0 Å². The molecule has 3 aromatic heterocycles. The molecule has 4 rings (SSSR count). The Morgan fingerprint density at radius 1 is 1.12 bits per heavy atom. The number of para-hydroxylation sites is 2. The van der Waals surface area contributed by atoms with Crippen LogP contribution in [0.5, 0.6) is 0 Å². The normalized spacial score (nSPS) is 11.7. The summed E-state index contributed by atoms with van der Waals surface area (Å²) in [6.07, 6.45) is 1.70. The van der Waals surface area contributed by atoms with Crippen LogP contribution in [0.1, 0.15) is 37.2 Å². The van der Waals surface area contributed by atoms with E-state index in [9.17, 15) is 0 Å². The maximum Gasteiger partial charge on any atom is 0.192 e. The number of rotatable bonds is 6. The number of aryl methyl sites for hydroxylation is 1. The van der Waals surface area contributed by atoms with Crippen molar-refractivity contribution in [2.75, 3.05) is 0 Å². The van der Waals surface area contributed by atoms with Gasteiger partial charge in [-0.05, 0) is 24.3 Å². The summed E-state index contributed by atoms with van der Waals surface area (Å²) in [5.41, 5.74) is 2.16. The fourth-order valence-electron chi connectivity index (χ4n) is 2.99. The van der Waals surface area contributed by atoms with Gasteiger partial charge in [-0.1, -0.05) is 37.7 Å². The molecule has 0 aliphatic rings. The van der Waals surface area contributed by atoms with Gasteiger partial charge in [-0.2, -0.15) is 0 Å². The van der Waals surface area contributed by atoms with Gasteiger partial charge in [0.25, 0.3) is 0 Å². The Morgan fingerprint density at radius 2 is 1.96 bits per heavy atom. The number of thioether (sulfide) groups is 1. The quantitative estimate of drug-likeness (QED) is 0.478. The number of furan rings is 1. The van der Waals surface area contributed by atoms with Crippen LogP contribution in [-0.2, 0) is 19.3 Å². The van der Waals surface area contributed by atoms with Gasteiger partial charge in [-0.3, -0.25) is 4.57 Å². The molecule has 6 nitrogen and oxygen atoms in total. The smallest absolute Gasteiger partial charge is 0.192 e. The van der Waals surface area contributed by atoms with E-state index in [2.05, 4.69) is 46.3 Å². The Kier molecular flexibility index (Phi) is 4.55. The Labute approximate surface area is 156 Å². The van der Waals surface area contributed by atoms with E-state index in [1.165, 1.54) is 0 Å². The maximum atomic E-state index is 5.52. The third-order valence-corrected chi connectivity index (χ3v) is 5.33. The molecule has 0 saturated carbocycles. The van der Waals surface area contributed by atoms with Gasteiger partial charge in [-0.15, -0.1) is 10.2 Å². The zero-order valence-corrected chi connectivity index (χ0v) is 15.9. The highest BCUT2D eigenvalue weighted by Crippen LogP contribution is 2.26. The Morgan fingerprint density at radius 3 is 2.69 bits per heavy atom. The highest BCUT2D eigenvalue weighted by molar-refractivity contribution is 7.98. The van der Waals surface area contributed by atoms with Crippen molar-refractivity contribution in [2.45, 2.75) is 37.2 Å². The standard InChI is InChI=1S/C19H21N5OS/c1-13(2)18-21-22-19(24(18)11-14-7-6-10-25-14)26-12-17-20-15-8-4-5-9-16(15)23(17)3/h4-10,13H,11-12H2,1-3H3. The molecule has 7 heteroatoms. The summed E-state index contributed by atoms with van der Waals surface area (Å²) >= 11 is 1.65. The van der Waals surface area contributed by atoms with Crippen molar-refractivity contribution >= 4 is 22.8 Å². The molecule has 0 bridgehead atoms.